The molecule has 0 bridgehead atoms. The third-order valence-electron chi connectivity index (χ3n) is 2.84. The second-order valence-electron chi connectivity index (χ2n) is 4.47. The predicted molar refractivity (Wildman–Crippen MR) is 74.0 cm³/mol. The van der Waals surface area contributed by atoms with Crippen molar-refractivity contribution in [2.45, 2.75) is 13.8 Å². The van der Waals surface area contributed by atoms with Crippen LogP contribution in [0, 0.1) is 24.0 Å². The SMILES string of the molecule is Cc1ccc(C)c(OC(=O)c2cccc([N+](=O)[O-])c2)c1. The van der Waals surface area contributed by atoms with Crippen molar-refractivity contribution in [2.24, 2.45) is 0 Å². The van der Waals surface area contributed by atoms with E-state index in [9.17, 15) is 14.9 Å². The molecule has 0 saturated heterocycles. The van der Waals surface area contributed by atoms with Crippen LogP contribution >= 0.6 is 0 Å². The van der Waals surface area contributed by atoms with Crippen molar-refractivity contribution in [3.8, 4) is 5.75 Å². The average Bonchev–Trinajstić information content (AvgIpc) is 2.43. The molecule has 0 radical (unpaired) electrons. The maximum Gasteiger partial charge on any atom is 0.343 e. The van der Waals surface area contributed by atoms with Crippen LogP contribution in [0.1, 0.15) is 21.5 Å². The molecule has 0 aliphatic rings. The quantitative estimate of drug-likeness (QED) is 0.371. The van der Waals surface area contributed by atoms with Gasteiger partial charge in [-0.05, 0) is 37.1 Å². The minimum atomic E-state index is -0.609. The van der Waals surface area contributed by atoms with Gasteiger partial charge in [0, 0.05) is 12.1 Å². The standard InChI is InChI=1S/C15H13NO4/c1-10-6-7-11(2)14(8-10)20-15(17)12-4-3-5-13(9-12)16(18)19/h3-9H,1-2H3. The minimum absolute atomic E-state index is 0.139. The molecule has 0 atom stereocenters. The number of benzene rings is 2. The Kier molecular flexibility index (Phi) is 3.79. The number of nitrogens with zero attached hydrogens (tertiary/aromatic N) is 1. The summed E-state index contributed by atoms with van der Waals surface area (Å²) in [7, 11) is 0. The third kappa shape index (κ3) is 3.00. The monoisotopic (exact) mass is 271 g/mol. The Bertz CT molecular complexity index is 679. The molecule has 0 aliphatic carbocycles. The molecule has 0 amide bonds. The maximum atomic E-state index is 12.0. The van der Waals surface area contributed by atoms with Crippen molar-refractivity contribution in [1.29, 1.82) is 0 Å². The van der Waals surface area contributed by atoms with Crippen LogP contribution in [0.25, 0.3) is 0 Å². The van der Waals surface area contributed by atoms with E-state index in [-0.39, 0.29) is 11.3 Å². The molecule has 0 N–H and O–H groups in total. The summed E-state index contributed by atoms with van der Waals surface area (Å²) in [6.45, 7) is 3.72. The second-order valence-corrected chi connectivity index (χ2v) is 4.47. The van der Waals surface area contributed by atoms with E-state index in [4.69, 9.17) is 4.74 Å². The van der Waals surface area contributed by atoms with Gasteiger partial charge in [0.15, 0.2) is 0 Å². The van der Waals surface area contributed by atoms with Gasteiger partial charge in [0.2, 0.25) is 0 Å². The zero-order valence-electron chi connectivity index (χ0n) is 11.1. The number of aryl methyl sites for hydroxylation is 2. The van der Waals surface area contributed by atoms with Crippen LogP contribution < -0.4 is 4.74 Å². The van der Waals surface area contributed by atoms with Crippen molar-refractivity contribution in [3.05, 3.63) is 69.3 Å². The van der Waals surface area contributed by atoms with E-state index in [0.717, 1.165) is 11.1 Å². The highest BCUT2D eigenvalue weighted by molar-refractivity contribution is 5.91. The number of esters is 1. The van der Waals surface area contributed by atoms with Crippen LogP contribution in [0.5, 0.6) is 5.75 Å². The van der Waals surface area contributed by atoms with Gasteiger partial charge >= 0.3 is 5.97 Å². The Morgan fingerprint density at radius 2 is 1.90 bits per heavy atom. The number of non-ortho nitro benzene ring substituents is 1. The van der Waals surface area contributed by atoms with Crippen molar-refractivity contribution in [2.75, 3.05) is 0 Å². The molecule has 2 aromatic carbocycles. The smallest absolute Gasteiger partial charge is 0.343 e. The molecule has 0 saturated carbocycles. The summed E-state index contributed by atoms with van der Waals surface area (Å²) in [5.41, 5.74) is 1.81. The van der Waals surface area contributed by atoms with Gasteiger partial charge in [-0.25, -0.2) is 4.79 Å². The zero-order valence-corrected chi connectivity index (χ0v) is 11.1. The highest BCUT2D eigenvalue weighted by atomic mass is 16.6. The number of carbonyl (C=O) groups excluding carboxylic acids is 1. The van der Waals surface area contributed by atoms with Gasteiger partial charge in [0.05, 0.1) is 10.5 Å². The Balaban J connectivity index is 2.26. The third-order valence-corrected chi connectivity index (χ3v) is 2.84. The Hall–Kier alpha value is -2.69. The number of hydrogen-bond donors (Lipinski definition) is 0. The first kappa shape index (κ1) is 13.7. The molecular formula is C15H13NO4. The van der Waals surface area contributed by atoms with E-state index in [0.29, 0.717) is 5.75 Å². The topological polar surface area (TPSA) is 69.4 Å². The molecule has 2 aromatic rings. The molecule has 0 spiro atoms. The van der Waals surface area contributed by atoms with Gasteiger partial charge in [-0.1, -0.05) is 18.2 Å². The summed E-state index contributed by atoms with van der Waals surface area (Å²) in [4.78, 5) is 22.1. The average molecular weight is 271 g/mol. The number of nitro groups is 1. The summed E-state index contributed by atoms with van der Waals surface area (Å²) < 4.78 is 5.29. The Morgan fingerprint density at radius 1 is 1.15 bits per heavy atom. The molecule has 0 fully saturated rings. The van der Waals surface area contributed by atoms with E-state index in [1.165, 1.54) is 24.3 Å². The summed E-state index contributed by atoms with van der Waals surface area (Å²) in [6, 6.07) is 11.0. The predicted octanol–water partition coefficient (Wildman–Crippen LogP) is 3.43. The number of rotatable bonds is 3. The van der Waals surface area contributed by atoms with Crippen molar-refractivity contribution >= 4 is 11.7 Å². The van der Waals surface area contributed by atoms with Gasteiger partial charge in [-0.15, -0.1) is 0 Å². The van der Waals surface area contributed by atoms with Gasteiger partial charge in [0.1, 0.15) is 5.75 Å². The van der Waals surface area contributed by atoms with Crippen molar-refractivity contribution < 1.29 is 14.5 Å². The van der Waals surface area contributed by atoms with Crippen LogP contribution in [0.3, 0.4) is 0 Å². The van der Waals surface area contributed by atoms with Crippen LogP contribution in [0.15, 0.2) is 42.5 Å². The molecule has 102 valence electrons. The molecule has 5 nitrogen and oxygen atoms in total. The molecular weight excluding hydrogens is 258 g/mol. The normalized spacial score (nSPS) is 10.1. The van der Waals surface area contributed by atoms with Gasteiger partial charge in [-0.3, -0.25) is 10.1 Å². The van der Waals surface area contributed by atoms with Crippen molar-refractivity contribution in [3.63, 3.8) is 0 Å². The summed E-state index contributed by atoms with van der Waals surface area (Å²) in [5, 5.41) is 10.7. The fourth-order valence-electron chi connectivity index (χ4n) is 1.72. The lowest BCUT2D eigenvalue weighted by Crippen LogP contribution is -2.09. The molecule has 0 aromatic heterocycles. The molecule has 5 heteroatoms. The summed E-state index contributed by atoms with van der Waals surface area (Å²) in [5.74, 6) is -0.149. The number of carbonyl (C=O) groups is 1. The van der Waals surface area contributed by atoms with Crippen molar-refractivity contribution in [1.82, 2.24) is 0 Å². The molecule has 20 heavy (non-hydrogen) atoms. The molecule has 0 heterocycles. The molecule has 2 rings (SSSR count). The fourth-order valence-corrected chi connectivity index (χ4v) is 1.72. The number of ether oxygens (including phenoxy) is 1. The Labute approximate surface area is 116 Å². The van der Waals surface area contributed by atoms with E-state index in [1.54, 1.807) is 6.07 Å². The van der Waals surface area contributed by atoms with E-state index < -0.39 is 10.9 Å². The lowest BCUT2D eigenvalue weighted by molar-refractivity contribution is -0.384. The maximum absolute atomic E-state index is 12.0. The first-order valence-electron chi connectivity index (χ1n) is 6.01. The first-order valence-corrected chi connectivity index (χ1v) is 6.01. The second kappa shape index (κ2) is 5.52. The Morgan fingerprint density at radius 3 is 2.60 bits per heavy atom. The van der Waals surface area contributed by atoms with Crippen LogP contribution in [0.2, 0.25) is 0 Å². The van der Waals surface area contributed by atoms with E-state index >= 15 is 0 Å². The number of hydrogen-bond acceptors (Lipinski definition) is 4. The van der Waals surface area contributed by atoms with Crippen LogP contribution in [-0.4, -0.2) is 10.9 Å². The largest absolute Gasteiger partial charge is 0.423 e. The van der Waals surface area contributed by atoms with Crippen LogP contribution in [0.4, 0.5) is 5.69 Å². The zero-order chi connectivity index (χ0) is 14.7. The lowest BCUT2D eigenvalue weighted by Gasteiger charge is -2.08. The highest BCUT2D eigenvalue weighted by Gasteiger charge is 2.14. The van der Waals surface area contributed by atoms with E-state index in [1.807, 2.05) is 26.0 Å². The molecule has 0 unspecified atom stereocenters. The minimum Gasteiger partial charge on any atom is -0.423 e. The molecule has 0 aliphatic heterocycles. The van der Waals surface area contributed by atoms with Gasteiger partial charge in [0.25, 0.3) is 5.69 Å². The first-order chi connectivity index (χ1) is 9.47. The lowest BCUT2D eigenvalue weighted by atomic mass is 10.1. The summed E-state index contributed by atoms with van der Waals surface area (Å²) >= 11 is 0. The van der Waals surface area contributed by atoms with E-state index in [2.05, 4.69) is 0 Å². The highest BCUT2D eigenvalue weighted by Crippen LogP contribution is 2.21. The summed E-state index contributed by atoms with van der Waals surface area (Å²) in [6.07, 6.45) is 0. The number of nitro benzene ring substituents is 1. The van der Waals surface area contributed by atoms with Gasteiger partial charge in [-0.2, -0.15) is 0 Å². The van der Waals surface area contributed by atoms with Crippen LogP contribution in [-0.2, 0) is 0 Å². The fraction of sp³-hybridized carbons (Fsp3) is 0.133. The van der Waals surface area contributed by atoms with Gasteiger partial charge < -0.3 is 4.74 Å².